The Bertz CT molecular complexity index is 1270. The lowest BCUT2D eigenvalue weighted by atomic mass is 10.1. The van der Waals surface area contributed by atoms with Gasteiger partial charge in [0.2, 0.25) is 5.79 Å². The molecule has 0 aliphatic carbocycles. The summed E-state index contributed by atoms with van der Waals surface area (Å²) >= 11 is 12.5. The standard InChI is InChI=1S/C22H21Cl2N3O6S/c1-31-21(28)26-16-3-5-18(6-4-16)34(29,30)12-17-11-32-22(33-17,13-27-9-8-25-14-27)19-7-2-15(23)10-20(19)24/h2-10,14,17H,11-13H2,1H3,(H,26,28). The van der Waals surface area contributed by atoms with Gasteiger partial charge >= 0.3 is 6.09 Å². The Labute approximate surface area is 206 Å². The largest absolute Gasteiger partial charge is 0.453 e. The fourth-order valence-corrected chi connectivity index (χ4v) is 5.58. The molecule has 1 aromatic heterocycles. The Morgan fingerprint density at radius 3 is 2.68 bits per heavy atom. The van der Waals surface area contributed by atoms with Crippen molar-refractivity contribution in [2.75, 3.05) is 24.8 Å². The van der Waals surface area contributed by atoms with E-state index in [2.05, 4.69) is 15.0 Å². The van der Waals surface area contributed by atoms with Crippen molar-refractivity contribution >= 4 is 44.8 Å². The summed E-state index contributed by atoms with van der Waals surface area (Å²) in [5, 5.41) is 3.26. The third kappa shape index (κ3) is 5.37. The highest BCUT2D eigenvalue weighted by Crippen LogP contribution is 2.41. The third-order valence-corrected chi connectivity index (χ3v) is 7.55. The summed E-state index contributed by atoms with van der Waals surface area (Å²) < 4.78 is 44.7. The number of benzene rings is 2. The highest BCUT2D eigenvalue weighted by atomic mass is 35.5. The molecule has 2 unspecified atom stereocenters. The minimum absolute atomic E-state index is 0.0366. The molecule has 0 bridgehead atoms. The molecule has 0 saturated carbocycles. The van der Waals surface area contributed by atoms with E-state index >= 15 is 0 Å². The van der Waals surface area contributed by atoms with E-state index in [4.69, 9.17) is 32.7 Å². The zero-order valence-corrected chi connectivity index (χ0v) is 20.3. The number of ether oxygens (including phenoxy) is 3. The van der Waals surface area contributed by atoms with Gasteiger partial charge in [0, 0.05) is 28.7 Å². The second-order valence-electron chi connectivity index (χ2n) is 7.59. The van der Waals surface area contributed by atoms with Gasteiger partial charge < -0.3 is 18.8 Å². The molecule has 180 valence electrons. The molecule has 4 rings (SSSR count). The number of amides is 1. The molecule has 1 aliphatic heterocycles. The lowest BCUT2D eigenvalue weighted by Crippen LogP contribution is -2.34. The summed E-state index contributed by atoms with van der Waals surface area (Å²) in [7, 11) is -2.49. The summed E-state index contributed by atoms with van der Waals surface area (Å²) in [5.74, 6) is -1.63. The summed E-state index contributed by atoms with van der Waals surface area (Å²) in [4.78, 5) is 15.5. The number of imidazole rings is 1. The van der Waals surface area contributed by atoms with Crippen LogP contribution in [0, 0.1) is 0 Å². The van der Waals surface area contributed by atoms with Gasteiger partial charge in [0.05, 0.1) is 48.4 Å². The van der Waals surface area contributed by atoms with Crippen molar-refractivity contribution in [2.24, 2.45) is 0 Å². The van der Waals surface area contributed by atoms with Crippen molar-refractivity contribution in [3.8, 4) is 0 Å². The minimum atomic E-state index is -3.73. The van der Waals surface area contributed by atoms with Gasteiger partial charge in [-0.05, 0) is 36.4 Å². The Hall–Kier alpha value is -2.63. The SMILES string of the molecule is COC(=O)Nc1ccc(S(=O)(=O)CC2COC(Cn3ccnc3)(c3ccc(Cl)cc3Cl)O2)cc1. The van der Waals surface area contributed by atoms with Crippen LogP contribution in [0.1, 0.15) is 5.56 Å². The second-order valence-corrected chi connectivity index (χ2v) is 10.5. The summed E-state index contributed by atoms with van der Waals surface area (Å²) in [5.41, 5.74) is 0.938. The van der Waals surface area contributed by atoms with Crippen LogP contribution in [-0.4, -0.2) is 49.6 Å². The van der Waals surface area contributed by atoms with Crippen LogP contribution < -0.4 is 5.32 Å². The molecule has 2 aromatic carbocycles. The highest BCUT2D eigenvalue weighted by molar-refractivity contribution is 7.91. The molecule has 1 fully saturated rings. The van der Waals surface area contributed by atoms with Gasteiger partial charge in [-0.3, -0.25) is 5.32 Å². The molecular formula is C22H21Cl2N3O6S. The van der Waals surface area contributed by atoms with E-state index in [1.807, 2.05) is 0 Å². The van der Waals surface area contributed by atoms with Gasteiger partial charge in [0.1, 0.15) is 0 Å². The quantitative estimate of drug-likeness (QED) is 0.494. The van der Waals surface area contributed by atoms with Gasteiger partial charge in [-0.25, -0.2) is 18.2 Å². The molecule has 1 aliphatic rings. The van der Waals surface area contributed by atoms with E-state index in [9.17, 15) is 13.2 Å². The number of carbonyl (C=O) groups excluding carboxylic acids is 1. The number of aromatic nitrogens is 2. The second kappa shape index (κ2) is 9.93. The van der Waals surface area contributed by atoms with Crippen LogP contribution in [-0.2, 0) is 36.4 Å². The first kappa shape index (κ1) is 24.5. The molecule has 2 atom stereocenters. The van der Waals surface area contributed by atoms with Crippen LogP contribution in [0.15, 0.2) is 66.1 Å². The number of halogens is 2. The first-order valence-electron chi connectivity index (χ1n) is 10.1. The number of nitrogens with one attached hydrogen (secondary N) is 1. The number of hydrogen-bond acceptors (Lipinski definition) is 7. The van der Waals surface area contributed by atoms with Gasteiger partial charge in [-0.2, -0.15) is 0 Å². The van der Waals surface area contributed by atoms with E-state index in [0.29, 0.717) is 21.3 Å². The molecule has 1 N–H and O–H groups in total. The number of nitrogens with zero attached hydrogens (tertiary/aromatic N) is 2. The Morgan fingerprint density at radius 1 is 1.26 bits per heavy atom. The number of carbonyl (C=O) groups is 1. The zero-order valence-electron chi connectivity index (χ0n) is 18.0. The average molecular weight is 526 g/mol. The highest BCUT2D eigenvalue weighted by Gasteiger charge is 2.46. The molecule has 12 heteroatoms. The van der Waals surface area contributed by atoms with Crippen LogP contribution in [0.4, 0.5) is 10.5 Å². The van der Waals surface area contributed by atoms with Crippen molar-refractivity contribution < 1.29 is 27.4 Å². The van der Waals surface area contributed by atoms with Crippen LogP contribution in [0.5, 0.6) is 0 Å². The molecule has 2 heterocycles. The van der Waals surface area contributed by atoms with E-state index in [-0.39, 0.29) is 23.8 Å². The summed E-state index contributed by atoms with van der Waals surface area (Å²) in [6.45, 7) is 0.244. The molecule has 0 radical (unpaired) electrons. The molecule has 1 amide bonds. The molecule has 0 spiro atoms. The Balaban J connectivity index is 1.55. The number of anilines is 1. The number of rotatable bonds is 7. The molecule has 3 aromatic rings. The maximum absolute atomic E-state index is 13.0. The van der Waals surface area contributed by atoms with E-state index in [0.717, 1.165) is 0 Å². The maximum Gasteiger partial charge on any atom is 0.411 e. The zero-order chi connectivity index (χ0) is 24.3. The smallest absolute Gasteiger partial charge is 0.411 e. The van der Waals surface area contributed by atoms with Gasteiger partial charge in [0.25, 0.3) is 0 Å². The van der Waals surface area contributed by atoms with E-state index in [1.54, 1.807) is 41.5 Å². The lowest BCUT2D eigenvalue weighted by Gasteiger charge is -2.30. The van der Waals surface area contributed by atoms with Crippen LogP contribution >= 0.6 is 23.2 Å². The average Bonchev–Trinajstić information content (AvgIpc) is 3.44. The summed E-state index contributed by atoms with van der Waals surface area (Å²) in [6, 6.07) is 10.7. The molecule has 34 heavy (non-hydrogen) atoms. The molecular weight excluding hydrogens is 505 g/mol. The first-order chi connectivity index (χ1) is 16.2. The van der Waals surface area contributed by atoms with Gasteiger partial charge in [-0.1, -0.05) is 29.3 Å². The van der Waals surface area contributed by atoms with Crippen LogP contribution in [0.3, 0.4) is 0 Å². The van der Waals surface area contributed by atoms with Crippen molar-refractivity contribution in [1.29, 1.82) is 0 Å². The minimum Gasteiger partial charge on any atom is -0.453 e. The predicted octanol–water partition coefficient (Wildman–Crippen LogP) is 4.11. The van der Waals surface area contributed by atoms with Crippen LogP contribution in [0.2, 0.25) is 10.0 Å². The number of hydrogen-bond donors (Lipinski definition) is 1. The monoisotopic (exact) mass is 525 g/mol. The van der Waals surface area contributed by atoms with Crippen molar-refractivity contribution in [3.63, 3.8) is 0 Å². The van der Waals surface area contributed by atoms with E-state index in [1.165, 1.54) is 31.4 Å². The fraction of sp³-hybridized carbons (Fsp3) is 0.273. The number of sulfone groups is 1. The summed E-state index contributed by atoms with van der Waals surface area (Å²) in [6.07, 6.45) is 3.56. The van der Waals surface area contributed by atoms with E-state index < -0.39 is 27.8 Å². The third-order valence-electron chi connectivity index (χ3n) is 5.20. The van der Waals surface area contributed by atoms with Crippen molar-refractivity contribution in [1.82, 2.24) is 9.55 Å². The van der Waals surface area contributed by atoms with Gasteiger partial charge in [0.15, 0.2) is 9.84 Å². The van der Waals surface area contributed by atoms with Crippen molar-refractivity contribution in [3.05, 3.63) is 76.8 Å². The van der Waals surface area contributed by atoms with Gasteiger partial charge in [-0.15, -0.1) is 0 Å². The first-order valence-corrected chi connectivity index (χ1v) is 12.5. The lowest BCUT2D eigenvalue weighted by molar-refractivity contribution is -0.184. The van der Waals surface area contributed by atoms with Crippen molar-refractivity contribution in [2.45, 2.75) is 23.3 Å². The Morgan fingerprint density at radius 2 is 2.03 bits per heavy atom. The Kier molecular flexibility index (Phi) is 7.15. The maximum atomic E-state index is 13.0. The molecule has 1 saturated heterocycles. The fourth-order valence-electron chi connectivity index (χ4n) is 3.63. The number of methoxy groups -OCH3 is 1. The normalized spacial score (nSPS) is 20.3. The molecule has 9 nitrogen and oxygen atoms in total. The topological polar surface area (TPSA) is 109 Å². The predicted molar refractivity (Wildman–Crippen MR) is 126 cm³/mol. The van der Waals surface area contributed by atoms with Crippen LogP contribution in [0.25, 0.3) is 0 Å².